The van der Waals surface area contributed by atoms with Crippen LogP contribution in [0.2, 0.25) is 0 Å². The zero-order valence-corrected chi connectivity index (χ0v) is 38.1. The minimum atomic E-state index is -4.13. The minimum Gasteiger partial charge on any atom is -0.508 e. The van der Waals surface area contributed by atoms with Crippen molar-refractivity contribution in [2.24, 2.45) is 5.92 Å². The van der Waals surface area contributed by atoms with Gasteiger partial charge in [-0.25, -0.2) is 0 Å². The Bertz CT molecular complexity index is 2720. The number of benzene rings is 2. The highest BCUT2D eigenvalue weighted by Crippen LogP contribution is 2.54. The second-order valence-corrected chi connectivity index (χ2v) is 18.0. The molecule has 0 aromatic heterocycles. The van der Waals surface area contributed by atoms with Gasteiger partial charge in [-0.15, -0.1) is 0 Å². The van der Waals surface area contributed by atoms with Crippen molar-refractivity contribution in [3.8, 4) is 11.5 Å². The van der Waals surface area contributed by atoms with Gasteiger partial charge in [-0.1, -0.05) is 36.4 Å². The molecule has 0 bridgehead atoms. The highest BCUT2D eigenvalue weighted by molar-refractivity contribution is 6.30. The van der Waals surface area contributed by atoms with Crippen molar-refractivity contribution in [1.82, 2.24) is 0 Å². The van der Waals surface area contributed by atoms with Crippen molar-refractivity contribution in [3.63, 3.8) is 0 Å². The number of ether oxygens (including phenoxy) is 3. The van der Waals surface area contributed by atoms with Crippen LogP contribution in [0.1, 0.15) is 11.1 Å². The molecule has 17 atom stereocenters. The predicted octanol–water partition coefficient (Wildman–Crippen LogP) is -5.94. The fourth-order valence-electron chi connectivity index (χ4n) is 9.46. The number of allylic oxidation sites excluding steroid dienone is 4. The quantitative estimate of drug-likeness (QED) is 0.0362. The van der Waals surface area contributed by atoms with E-state index in [-0.39, 0.29) is 22.6 Å². The first-order valence-corrected chi connectivity index (χ1v) is 22.4. The molecule has 0 amide bonds. The molecule has 26 heteroatoms. The summed E-state index contributed by atoms with van der Waals surface area (Å²) >= 11 is 0. The van der Waals surface area contributed by atoms with Gasteiger partial charge in [-0.2, -0.15) is 0 Å². The van der Waals surface area contributed by atoms with Crippen LogP contribution in [0.25, 0.3) is 12.2 Å². The highest BCUT2D eigenvalue weighted by atomic mass is 16.6. The molecular weight excluding hydrogens is 993 g/mol. The van der Waals surface area contributed by atoms with E-state index in [2.05, 4.69) is 0 Å². The van der Waals surface area contributed by atoms with Gasteiger partial charge in [-0.05, 0) is 47.5 Å². The van der Waals surface area contributed by atoms with Crippen LogP contribution in [0.4, 0.5) is 0 Å². The average Bonchev–Trinajstić information content (AvgIpc) is 3.78. The smallest absolute Gasteiger partial charge is 0.219 e. The Morgan fingerprint density at radius 3 is 1.55 bits per heavy atom. The summed E-state index contributed by atoms with van der Waals surface area (Å²) in [5.41, 5.74) is -13.7. The fraction of sp³-hybridized carbons (Fsp3) is 0.417. The largest absolute Gasteiger partial charge is 0.508 e. The molecule has 0 saturated carbocycles. The van der Waals surface area contributed by atoms with Gasteiger partial charge in [0.15, 0.2) is 5.78 Å². The van der Waals surface area contributed by atoms with E-state index in [1.165, 1.54) is 48.5 Å². The van der Waals surface area contributed by atoms with Crippen molar-refractivity contribution in [3.05, 3.63) is 117 Å². The number of phenols is 2. The second kappa shape index (κ2) is 21.2. The van der Waals surface area contributed by atoms with Crippen LogP contribution in [-0.2, 0) is 33.4 Å². The molecular formula is C48H52O26. The number of aliphatic hydroxyl groups excluding tert-OH is 15. The number of phenolic OH excluding ortho intramolecular Hbond substituents is 2. The number of hydrogen-bond donors (Lipinski definition) is 19. The third-order valence-electron chi connectivity index (χ3n) is 13.5. The third-order valence-corrected chi connectivity index (χ3v) is 13.5. The standard InChI is InChI=1S/C48H52O26/c49-13-22(56)30(57)37(64)40-27(28-33(60)25(20(54)11-5-16-1-7-18(52)8-2-16)41(67)47(70,43(28)69)45-38(65)35(62)31(58)23(14-50)72-45)29-34(61)26(21(55)12-6-17-3-9-19(53)10-4-17)42(68)48(71,44(29)74-40)46-39(66)36(63)32(59)24(15-51)73-46/h1-12,22-24,27,30-32,35-40,45-46,49-54,56-66,70-71H,13-15H2/b11-5+,12-6+,25-20+/t22-,23-,24-,27+,30-,31-,32-,35+,36+,37+,38-,39-,40+,45-,46-,47?,48?/m0/s1. The first kappa shape index (κ1) is 55.5. The van der Waals surface area contributed by atoms with Crippen molar-refractivity contribution < 1.29 is 130 Å². The molecule has 2 aromatic rings. The third kappa shape index (κ3) is 9.12. The van der Waals surface area contributed by atoms with E-state index < -0.39 is 191 Å². The minimum absolute atomic E-state index is 0.143. The molecule has 26 nitrogen and oxygen atoms in total. The number of carbonyl (C=O) groups excluding carboxylic acids is 4. The molecule has 3 aliphatic heterocycles. The summed E-state index contributed by atoms with van der Waals surface area (Å²) in [4.78, 5) is 59.4. The van der Waals surface area contributed by atoms with Gasteiger partial charge in [0.2, 0.25) is 28.6 Å². The lowest BCUT2D eigenvalue weighted by Crippen LogP contribution is -2.71. The monoisotopic (exact) mass is 1040 g/mol. The Morgan fingerprint density at radius 1 is 0.608 bits per heavy atom. The zero-order valence-electron chi connectivity index (χ0n) is 38.1. The first-order chi connectivity index (χ1) is 34.8. The van der Waals surface area contributed by atoms with E-state index in [1.54, 1.807) is 0 Å². The van der Waals surface area contributed by atoms with Gasteiger partial charge in [0.05, 0.1) is 31.3 Å². The molecule has 7 rings (SSSR count). The summed E-state index contributed by atoms with van der Waals surface area (Å²) in [5, 5.41) is 211. The number of carbonyl (C=O) groups is 4. The molecule has 74 heavy (non-hydrogen) atoms. The SMILES string of the molecule is O=C(/C=C/c1ccc(O)cc1)C1=C(O)C2=C(O[C@@H]([C@H](O)[C@@H](O)[C@@H](O)CO)[C@@H]2C2=C(O)/C(=C(O)/C=C/c3ccc(O)cc3)C(=O)C(O)([C@H]3O[C@@H](CO)[C@H](O)[C@@H](O)[C@@H]3O)C2=O)C(O)([C@H]2O[C@@H](CO)[C@H](O)[C@@H](O)[C@@H]2O)C1=O. The van der Waals surface area contributed by atoms with Crippen LogP contribution in [0.5, 0.6) is 11.5 Å². The number of Topliss-reactive ketones (excluding diaryl/α,β-unsaturated/α-hetero) is 3. The van der Waals surface area contributed by atoms with E-state index in [9.17, 15) is 111 Å². The summed E-state index contributed by atoms with van der Waals surface area (Å²) in [7, 11) is 0. The van der Waals surface area contributed by atoms with E-state index in [0.29, 0.717) is 12.2 Å². The lowest BCUT2D eigenvalue weighted by molar-refractivity contribution is -0.264. The number of ketones is 4. The van der Waals surface area contributed by atoms with Gasteiger partial charge in [0.1, 0.15) is 131 Å². The Kier molecular flexibility index (Phi) is 15.9. The second-order valence-electron chi connectivity index (χ2n) is 18.0. The maximum Gasteiger partial charge on any atom is 0.219 e. The lowest BCUT2D eigenvalue weighted by atomic mass is 9.65. The number of rotatable bonds is 14. The van der Waals surface area contributed by atoms with Gasteiger partial charge < -0.3 is 111 Å². The highest BCUT2D eigenvalue weighted by Gasteiger charge is 2.70. The Balaban J connectivity index is 1.58. The molecule has 400 valence electrons. The molecule has 2 aromatic carbocycles. The van der Waals surface area contributed by atoms with Gasteiger partial charge in [0.25, 0.3) is 0 Å². The zero-order chi connectivity index (χ0) is 54.6. The van der Waals surface area contributed by atoms with Crippen LogP contribution in [0.15, 0.2) is 106 Å². The topological polar surface area (TPSA) is 480 Å². The number of hydrogen-bond acceptors (Lipinski definition) is 26. The summed E-state index contributed by atoms with van der Waals surface area (Å²) in [6, 6.07) is 9.81. The van der Waals surface area contributed by atoms with Crippen LogP contribution in [0.3, 0.4) is 0 Å². The summed E-state index contributed by atoms with van der Waals surface area (Å²) in [5.74, 6) is -17.5. The molecule has 3 heterocycles. The molecule has 5 aliphatic rings. The maximum absolute atomic E-state index is 15.4. The number of aromatic hydroxyl groups is 2. The number of aliphatic hydroxyl groups is 17. The van der Waals surface area contributed by atoms with E-state index in [1.807, 2.05) is 0 Å². The molecule has 2 aliphatic carbocycles. The molecule has 19 N–H and O–H groups in total. The Hall–Kier alpha value is -6.28. The first-order valence-electron chi connectivity index (χ1n) is 22.4. The van der Waals surface area contributed by atoms with E-state index >= 15 is 4.79 Å². The molecule has 0 radical (unpaired) electrons. The molecule has 0 spiro atoms. The van der Waals surface area contributed by atoms with Crippen molar-refractivity contribution in [2.75, 3.05) is 19.8 Å². The van der Waals surface area contributed by atoms with Crippen LogP contribution in [0, 0.1) is 5.92 Å². The summed E-state index contributed by atoms with van der Waals surface area (Å²) in [6.45, 7) is -3.83. The average molecular weight is 1040 g/mol. The van der Waals surface area contributed by atoms with Crippen LogP contribution in [-0.4, -0.2) is 237 Å². The maximum atomic E-state index is 15.4. The summed E-state index contributed by atoms with van der Waals surface area (Å²) < 4.78 is 16.9. The van der Waals surface area contributed by atoms with Crippen LogP contribution >= 0.6 is 0 Å². The van der Waals surface area contributed by atoms with Crippen molar-refractivity contribution in [2.45, 2.75) is 96.7 Å². The predicted molar refractivity (Wildman–Crippen MR) is 241 cm³/mol. The van der Waals surface area contributed by atoms with E-state index in [4.69, 9.17) is 14.2 Å². The van der Waals surface area contributed by atoms with Gasteiger partial charge in [-0.3, -0.25) is 19.2 Å². The van der Waals surface area contributed by atoms with Crippen molar-refractivity contribution in [1.29, 1.82) is 0 Å². The normalized spacial score (nSPS) is 35.8. The van der Waals surface area contributed by atoms with Crippen LogP contribution < -0.4 is 0 Å². The van der Waals surface area contributed by atoms with Gasteiger partial charge in [0, 0.05) is 5.57 Å². The van der Waals surface area contributed by atoms with Crippen molar-refractivity contribution >= 4 is 35.3 Å². The van der Waals surface area contributed by atoms with Gasteiger partial charge >= 0.3 is 0 Å². The molecule has 2 saturated heterocycles. The lowest BCUT2D eigenvalue weighted by Gasteiger charge is -2.47. The van der Waals surface area contributed by atoms with E-state index in [0.717, 1.165) is 12.2 Å². The Morgan fingerprint density at radius 2 is 1.08 bits per heavy atom. The fourth-order valence-corrected chi connectivity index (χ4v) is 9.46. The molecule has 2 unspecified atom stereocenters. The Labute approximate surface area is 416 Å². The molecule has 2 fully saturated rings. The summed E-state index contributed by atoms with van der Waals surface area (Å²) in [6.07, 6.45) is -31.7.